The van der Waals surface area contributed by atoms with Crippen LogP contribution in [0.3, 0.4) is 0 Å². The summed E-state index contributed by atoms with van der Waals surface area (Å²) in [5, 5.41) is 16.1. The van der Waals surface area contributed by atoms with Crippen LogP contribution in [0, 0.1) is 5.41 Å². The molecular weight excluding hydrogens is 689 g/mol. The molecule has 0 unspecified atom stereocenters. The summed E-state index contributed by atoms with van der Waals surface area (Å²) >= 11 is 0. The van der Waals surface area contributed by atoms with Crippen LogP contribution in [0.15, 0.2) is 199 Å². The molecule has 0 spiro atoms. The third-order valence-electron chi connectivity index (χ3n) is 11.8. The van der Waals surface area contributed by atoms with Crippen LogP contribution < -0.4 is 0 Å². The molecule has 0 radical (unpaired) electrons. The van der Waals surface area contributed by atoms with Crippen LogP contribution in [-0.2, 0) is 5.41 Å². The van der Waals surface area contributed by atoms with Crippen LogP contribution in [0.25, 0.3) is 71.4 Å². The molecule has 0 bridgehead atoms. The Balaban J connectivity index is 0.987. The highest BCUT2D eigenvalue weighted by atomic mass is 14.7. The van der Waals surface area contributed by atoms with Crippen molar-refractivity contribution in [2.75, 3.05) is 0 Å². The Bertz CT molecular complexity index is 3090. The smallest absolute Gasteiger partial charge is 0.0723 e. The highest BCUT2D eigenvalue weighted by Gasteiger charge is 2.35. The van der Waals surface area contributed by atoms with Crippen LogP contribution >= 0.6 is 0 Å². The van der Waals surface area contributed by atoms with E-state index in [1.54, 1.807) is 0 Å². The first-order valence-electron chi connectivity index (χ1n) is 19.6. The average molecular weight is 729 g/mol. The third-order valence-corrected chi connectivity index (χ3v) is 11.8. The minimum absolute atomic E-state index is 0.0471. The van der Waals surface area contributed by atoms with Gasteiger partial charge in [-0.25, -0.2) is 0 Å². The summed E-state index contributed by atoms with van der Waals surface area (Å²) in [5.41, 5.74) is 14.2. The minimum atomic E-state index is -0.0471. The standard InChI is InChI=1S/C55H40N2/c1-55(2)51-29-27-43(32-49(51)50-31-41-16-8-9-17-42(41)33-52(50)55)37-20-23-38(24-21-37)47-28-26-45(46-18-10-11-19-48(46)47)35-57-54(34-53(56)39-13-4-3-5-14-39)44-25-22-36-12-6-7-15-40(36)30-44/h3-35,56H,1-2H3/b54-34-,56-53?,57-35?. The van der Waals surface area contributed by atoms with Gasteiger partial charge in [-0.2, -0.15) is 0 Å². The maximum absolute atomic E-state index is 8.93. The summed E-state index contributed by atoms with van der Waals surface area (Å²) in [5.74, 6) is 0. The molecule has 2 nitrogen and oxygen atoms in total. The lowest BCUT2D eigenvalue weighted by Crippen LogP contribution is -2.14. The average Bonchev–Trinajstić information content (AvgIpc) is 3.48. The Morgan fingerprint density at radius 2 is 1.07 bits per heavy atom. The van der Waals surface area contributed by atoms with Gasteiger partial charge in [0.25, 0.3) is 0 Å². The molecule has 1 aliphatic rings. The van der Waals surface area contributed by atoms with Crippen molar-refractivity contribution in [2.45, 2.75) is 19.3 Å². The first kappa shape index (κ1) is 34.3. The number of allylic oxidation sites excluding steroid dienone is 1. The number of nitrogens with zero attached hydrogens (tertiary/aromatic N) is 1. The van der Waals surface area contributed by atoms with Crippen LogP contribution in [0.2, 0.25) is 0 Å². The van der Waals surface area contributed by atoms with E-state index < -0.39 is 0 Å². The first-order chi connectivity index (χ1) is 27.9. The van der Waals surface area contributed by atoms with E-state index in [1.807, 2.05) is 42.6 Å². The number of aliphatic imine (C=N–C) groups is 1. The number of nitrogens with one attached hydrogen (secondary N) is 1. The fourth-order valence-electron chi connectivity index (χ4n) is 8.67. The fraction of sp³-hybridized carbons (Fsp3) is 0.0545. The highest BCUT2D eigenvalue weighted by Crippen LogP contribution is 2.51. The molecule has 0 fully saturated rings. The summed E-state index contributed by atoms with van der Waals surface area (Å²) in [4.78, 5) is 5.09. The van der Waals surface area contributed by atoms with Gasteiger partial charge in [-0.05, 0) is 113 Å². The lowest BCUT2D eigenvalue weighted by molar-refractivity contribution is 0.661. The van der Waals surface area contributed by atoms with Gasteiger partial charge in [-0.15, -0.1) is 0 Å². The molecule has 0 saturated heterocycles. The molecule has 9 aromatic carbocycles. The summed E-state index contributed by atoms with van der Waals surface area (Å²) in [6.07, 6.45) is 3.82. The topological polar surface area (TPSA) is 36.2 Å². The Hall–Kier alpha value is -7.16. The van der Waals surface area contributed by atoms with E-state index >= 15 is 0 Å². The van der Waals surface area contributed by atoms with Gasteiger partial charge >= 0.3 is 0 Å². The molecule has 2 heteroatoms. The largest absolute Gasteiger partial charge is 0.300 e. The van der Waals surface area contributed by atoms with Crippen LogP contribution in [0.5, 0.6) is 0 Å². The minimum Gasteiger partial charge on any atom is -0.300 e. The zero-order valence-electron chi connectivity index (χ0n) is 32.0. The molecule has 0 aliphatic heterocycles. The predicted molar refractivity (Wildman–Crippen MR) is 243 cm³/mol. The van der Waals surface area contributed by atoms with Gasteiger partial charge in [0.15, 0.2) is 0 Å². The Labute approximate surface area is 333 Å². The summed E-state index contributed by atoms with van der Waals surface area (Å²) in [7, 11) is 0. The van der Waals surface area contributed by atoms with Crippen molar-refractivity contribution in [3.63, 3.8) is 0 Å². The Morgan fingerprint density at radius 3 is 1.84 bits per heavy atom. The van der Waals surface area contributed by atoms with Gasteiger partial charge in [0.1, 0.15) is 0 Å². The monoisotopic (exact) mass is 728 g/mol. The van der Waals surface area contributed by atoms with Gasteiger partial charge in [-0.3, -0.25) is 4.99 Å². The molecule has 1 N–H and O–H groups in total. The molecule has 270 valence electrons. The second kappa shape index (κ2) is 13.8. The zero-order valence-corrected chi connectivity index (χ0v) is 32.0. The third kappa shape index (κ3) is 6.16. The van der Waals surface area contributed by atoms with E-state index in [4.69, 9.17) is 10.4 Å². The van der Waals surface area contributed by atoms with Crippen molar-refractivity contribution in [2.24, 2.45) is 4.99 Å². The highest BCUT2D eigenvalue weighted by molar-refractivity contribution is 6.12. The van der Waals surface area contributed by atoms with E-state index in [2.05, 4.69) is 172 Å². The molecular formula is C55H40N2. The van der Waals surface area contributed by atoms with Gasteiger partial charge in [0.05, 0.1) is 11.4 Å². The number of rotatable bonds is 7. The van der Waals surface area contributed by atoms with Gasteiger partial charge in [0.2, 0.25) is 0 Å². The van der Waals surface area contributed by atoms with Gasteiger partial charge in [0, 0.05) is 22.8 Å². The summed E-state index contributed by atoms with van der Waals surface area (Å²) in [6, 6.07) is 67.0. The SMILES string of the molecule is CC1(C)c2ccc(-c3ccc(-c4ccc(C=N/C(=C\C(=N)c5ccccc5)c5ccc6ccccc6c5)c5ccccc45)cc3)cc2-c2cc3ccccc3cc21. The first-order valence-corrected chi connectivity index (χ1v) is 19.6. The van der Waals surface area contributed by atoms with E-state index in [1.165, 1.54) is 66.1 Å². The molecule has 57 heavy (non-hydrogen) atoms. The van der Waals surface area contributed by atoms with Crippen LogP contribution in [0.1, 0.15) is 41.7 Å². The maximum atomic E-state index is 8.93. The molecule has 9 aromatic rings. The van der Waals surface area contributed by atoms with E-state index in [9.17, 15) is 0 Å². The lowest BCUT2D eigenvalue weighted by Gasteiger charge is -2.22. The second-order valence-corrected chi connectivity index (χ2v) is 15.6. The Kier molecular flexibility index (Phi) is 8.34. The lowest BCUT2D eigenvalue weighted by atomic mass is 9.81. The number of hydrogen-bond acceptors (Lipinski definition) is 2. The number of fused-ring (bicyclic) bond motifs is 6. The van der Waals surface area contributed by atoms with Crippen molar-refractivity contribution in [1.29, 1.82) is 5.41 Å². The normalized spacial score (nSPS) is 13.3. The predicted octanol–water partition coefficient (Wildman–Crippen LogP) is 14.3. The van der Waals surface area contributed by atoms with Crippen molar-refractivity contribution in [3.05, 3.63) is 222 Å². The summed E-state index contributed by atoms with van der Waals surface area (Å²) < 4.78 is 0. The molecule has 0 atom stereocenters. The zero-order chi connectivity index (χ0) is 38.5. The van der Waals surface area contributed by atoms with Crippen molar-refractivity contribution in [3.8, 4) is 33.4 Å². The molecule has 10 rings (SSSR count). The van der Waals surface area contributed by atoms with Gasteiger partial charge in [-0.1, -0.05) is 178 Å². The van der Waals surface area contributed by atoms with Crippen LogP contribution in [-0.4, -0.2) is 11.9 Å². The number of hydrogen-bond donors (Lipinski definition) is 1. The maximum Gasteiger partial charge on any atom is 0.0723 e. The van der Waals surface area contributed by atoms with Crippen LogP contribution in [0.4, 0.5) is 0 Å². The number of benzene rings is 9. The van der Waals surface area contributed by atoms with Gasteiger partial charge < -0.3 is 5.41 Å². The molecule has 0 heterocycles. The molecule has 0 saturated carbocycles. The molecule has 0 amide bonds. The summed E-state index contributed by atoms with van der Waals surface area (Å²) in [6.45, 7) is 4.70. The van der Waals surface area contributed by atoms with Crippen molar-refractivity contribution < 1.29 is 0 Å². The molecule has 1 aliphatic carbocycles. The van der Waals surface area contributed by atoms with E-state index in [0.29, 0.717) is 5.71 Å². The quantitative estimate of drug-likeness (QED) is 0.159. The van der Waals surface area contributed by atoms with Crippen molar-refractivity contribution in [1.82, 2.24) is 0 Å². The van der Waals surface area contributed by atoms with E-state index in [0.717, 1.165) is 33.2 Å². The van der Waals surface area contributed by atoms with E-state index in [-0.39, 0.29) is 5.41 Å². The Morgan fingerprint density at radius 1 is 0.456 bits per heavy atom. The fourth-order valence-corrected chi connectivity index (χ4v) is 8.67. The van der Waals surface area contributed by atoms with Crippen molar-refractivity contribution >= 4 is 49.9 Å². The second-order valence-electron chi connectivity index (χ2n) is 15.6. The molecule has 0 aromatic heterocycles.